The Morgan fingerprint density at radius 3 is 2.80 bits per heavy atom. The van der Waals surface area contributed by atoms with E-state index in [-0.39, 0.29) is 36.5 Å². The summed E-state index contributed by atoms with van der Waals surface area (Å²) >= 11 is 6.01. The Kier molecular flexibility index (Phi) is 8.79. The summed E-state index contributed by atoms with van der Waals surface area (Å²) < 4.78 is 20.8. The van der Waals surface area contributed by atoms with Gasteiger partial charge in [0, 0.05) is 36.0 Å². The second-order valence-corrected chi connectivity index (χ2v) is 9.09. The largest absolute Gasteiger partial charge is 0.481 e. The maximum absolute atomic E-state index is 14.4. The lowest BCUT2D eigenvalue weighted by molar-refractivity contribution is -0.149. The topological polar surface area (TPSA) is 167 Å². The first-order chi connectivity index (χ1) is 19.2. The van der Waals surface area contributed by atoms with Gasteiger partial charge in [-0.2, -0.15) is 9.61 Å². The molecule has 40 heavy (non-hydrogen) atoms. The molecule has 2 aromatic heterocycles. The summed E-state index contributed by atoms with van der Waals surface area (Å²) in [6.45, 7) is 1.96. The van der Waals surface area contributed by atoms with Crippen molar-refractivity contribution in [3.05, 3.63) is 52.6 Å². The number of amides is 3. The van der Waals surface area contributed by atoms with Crippen LogP contribution in [0.5, 0.6) is 0 Å². The van der Waals surface area contributed by atoms with Crippen LogP contribution in [0.3, 0.4) is 0 Å². The molecular formula is C25H25ClFN7O6. The Morgan fingerprint density at radius 1 is 1.25 bits per heavy atom. The highest BCUT2D eigenvalue weighted by atomic mass is 35.5. The number of aliphatic carboxylic acids is 1. The summed E-state index contributed by atoms with van der Waals surface area (Å²) in [7, 11) is 0. The monoisotopic (exact) mass is 573 g/mol. The molecule has 1 aliphatic heterocycles. The lowest BCUT2D eigenvalue weighted by Gasteiger charge is -2.12. The van der Waals surface area contributed by atoms with E-state index >= 15 is 0 Å². The molecule has 3 aromatic rings. The van der Waals surface area contributed by atoms with Gasteiger partial charge in [0.1, 0.15) is 23.1 Å². The fraction of sp³-hybridized carbons (Fsp3) is 0.280. The average Bonchev–Trinajstić information content (AvgIpc) is 3.43. The first-order valence-corrected chi connectivity index (χ1v) is 12.6. The van der Waals surface area contributed by atoms with Crippen LogP contribution in [0.1, 0.15) is 38.2 Å². The molecule has 0 atom stereocenters. The van der Waals surface area contributed by atoms with Gasteiger partial charge in [0.15, 0.2) is 12.4 Å². The van der Waals surface area contributed by atoms with Crippen LogP contribution in [0.4, 0.5) is 26.5 Å². The maximum Gasteiger partial charge on any atom is 0.331 e. The number of hydrogen-bond acceptors (Lipinski definition) is 9. The molecule has 1 aliphatic rings. The SMILES string of the molecule is CCCNc1cc(Nc2cc(Cl)ccc2F)nc2c(C=C3NC(=O)N(COC(=O)CCCC(=O)O)C3=O)cnn12. The van der Waals surface area contributed by atoms with Gasteiger partial charge in [-0.1, -0.05) is 18.5 Å². The third-order valence-corrected chi connectivity index (χ3v) is 5.87. The molecule has 0 unspecified atom stereocenters. The van der Waals surface area contributed by atoms with Gasteiger partial charge in [-0.05, 0) is 37.1 Å². The van der Waals surface area contributed by atoms with E-state index in [4.69, 9.17) is 21.4 Å². The highest BCUT2D eigenvalue weighted by Crippen LogP contribution is 2.27. The number of carboxylic acids is 1. The first-order valence-electron chi connectivity index (χ1n) is 12.2. The van der Waals surface area contributed by atoms with Crippen molar-refractivity contribution in [2.45, 2.75) is 32.6 Å². The van der Waals surface area contributed by atoms with E-state index in [1.54, 1.807) is 6.07 Å². The summed E-state index contributed by atoms with van der Waals surface area (Å²) in [6.07, 6.45) is 3.32. The molecule has 0 radical (unpaired) electrons. The van der Waals surface area contributed by atoms with Crippen LogP contribution in [-0.4, -0.2) is 61.8 Å². The van der Waals surface area contributed by atoms with Gasteiger partial charge in [0.05, 0.1) is 11.9 Å². The highest BCUT2D eigenvalue weighted by molar-refractivity contribution is 6.30. The lowest BCUT2D eigenvalue weighted by atomic mass is 10.2. The van der Waals surface area contributed by atoms with E-state index in [9.17, 15) is 23.6 Å². The van der Waals surface area contributed by atoms with Crippen LogP contribution in [0.15, 0.2) is 36.2 Å². The predicted octanol–water partition coefficient (Wildman–Crippen LogP) is 3.74. The van der Waals surface area contributed by atoms with E-state index in [2.05, 4.69) is 26.0 Å². The molecule has 0 aliphatic carbocycles. The number of benzene rings is 1. The van der Waals surface area contributed by atoms with Gasteiger partial charge in [0.2, 0.25) is 0 Å². The minimum absolute atomic E-state index is 0.0666. The van der Waals surface area contributed by atoms with Crippen LogP contribution >= 0.6 is 11.6 Å². The number of urea groups is 1. The number of nitrogens with one attached hydrogen (secondary N) is 3. The number of carbonyl (C=O) groups excluding carboxylic acids is 3. The summed E-state index contributed by atoms with van der Waals surface area (Å²) in [5.74, 6) is -2.26. The minimum Gasteiger partial charge on any atom is -0.481 e. The lowest BCUT2D eigenvalue weighted by Crippen LogP contribution is -2.34. The number of esters is 1. The van der Waals surface area contributed by atoms with Crippen LogP contribution in [-0.2, 0) is 19.1 Å². The standard InChI is InChI=1S/C25H25ClFN7O6/c1-2-8-28-20-11-19(30-17-10-15(26)6-7-16(17)27)32-23-14(12-29-34(20)23)9-18-24(38)33(25(39)31-18)13-40-22(37)5-3-4-21(35)36/h6-7,9-12,28H,2-5,8,13H2,1H3,(H,30,32)(H,31,39)(H,35,36). The second kappa shape index (κ2) is 12.4. The number of nitrogens with zero attached hydrogens (tertiary/aromatic N) is 4. The van der Waals surface area contributed by atoms with Crippen molar-refractivity contribution in [2.24, 2.45) is 0 Å². The van der Waals surface area contributed by atoms with Crippen LogP contribution in [0.25, 0.3) is 11.7 Å². The third-order valence-electron chi connectivity index (χ3n) is 5.63. The summed E-state index contributed by atoms with van der Waals surface area (Å²) in [4.78, 5) is 52.9. The molecule has 4 N–H and O–H groups in total. The quantitative estimate of drug-likeness (QED) is 0.142. The Labute approximate surface area is 231 Å². The van der Waals surface area contributed by atoms with Crippen molar-refractivity contribution in [1.82, 2.24) is 24.8 Å². The van der Waals surface area contributed by atoms with Gasteiger partial charge in [-0.15, -0.1) is 0 Å². The number of aromatic nitrogens is 3. The van der Waals surface area contributed by atoms with Crippen molar-refractivity contribution in [2.75, 3.05) is 23.9 Å². The molecule has 3 amide bonds. The zero-order valence-electron chi connectivity index (χ0n) is 21.2. The van der Waals surface area contributed by atoms with E-state index in [1.165, 1.54) is 35.0 Å². The van der Waals surface area contributed by atoms with Gasteiger partial charge < -0.3 is 25.8 Å². The highest BCUT2D eigenvalue weighted by Gasteiger charge is 2.34. The van der Waals surface area contributed by atoms with Crippen LogP contribution < -0.4 is 16.0 Å². The molecule has 3 heterocycles. The summed E-state index contributed by atoms with van der Waals surface area (Å²) in [6, 6.07) is 4.90. The third kappa shape index (κ3) is 6.64. The first kappa shape index (κ1) is 28.3. The molecule has 13 nitrogen and oxygen atoms in total. The smallest absolute Gasteiger partial charge is 0.331 e. The Balaban J connectivity index is 1.57. The minimum atomic E-state index is -1.05. The van der Waals surface area contributed by atoms with Crippen molar-refractivity contribution in [3.8, 4) is 0 Å². The fourth-order valence-electron chi connectivity index (χ4n) is 3.69. The van der Waals surface area contributed by atoms with Crippen molar-refractivity contribution in [3.63, 3.8) is 0 Å². The predicted molar refractivity (Wildman–Crippen MR) is 142 cm³/mol. The summed E-state index contributed by atoms with van der Waals surface area (Å²) in [5, 5.41) is 21.9. The number of carboxylic acid groups (broad SMARTS) is 1. The molecule has 1 aromatic carbocycles. The molecule has 0 spiro atoms. The Morgan fingerprint density at radius 2 is 2.05 bits per heavy atom. The zero-order chi connectivity index (χ0) is 28.8. The Hall–Kier alpha value is -4.72. The van der Waals surface area contributed by atoms with Gasteiger partial charge in [-0.3, -0.25) is 14.4 Å². The molecule has 0 bridgehead atoms. The zero-order valence-corrected chi connectivity index (χ0v) is 22.0. The molecule has 4 rings (SSSR count). The van der Waals surface area contributed by atoms with E-state index in [0.29, 0.717) is 33.5 Å². The number of halogens is 2. The van der Waals surface area contributed by atoms with E-state index in [1.807, 2.05) is 6.92 Å². The Bertz CT molecular complexity index is 1510. The van der Waals surface area contributed by atoms with Crippen molar-refractivity contribution >= 4 is 64.5 Å². The summed E-state index contributed by atoms with van der Waals surface area (Å²) in [5.41, 5.74) is 0.664. The number of fused-ring (bicyclic) bond motifs is 1. The van der Waals surface area contributed by atoms with Gasteiger partial charge in [0.25, 0.3) is 5.91 Å². The average molecular weight is 574 g/mol. The molecule has 1 saturated heterocycles. The molecule has 15 heteroatoms. The van der Waals surface area contributed by atoms with E-state index in [0.717, 1.165) is 6.42 Å². The number of rotatable bonds is 12. The number of ether oxygens (including phenoxy) is 1. The fourth-order valence-corrected chi connectivity index (χ4v) is 3.87. The van der Waals surface area contributed by atoms with Gasteiger partial charge >= 0.3 is 18.0 Å². The van der Waals surface area contributed by atoms with Crippen LogP contribution in [0.2, 0.25) is 5.02 Å². The molecular weight excluding hydrogens is 549 g/mol. The van der Waals surface area contributed by atoms with Gasteiger partial charge in [-0.25, -0.2) is 19.1 Å². The van der Waals surface area contributed by atoms with Crippen molar-refractivity contribution < 1.29 is 33.4 Å². The van der Waals surface area contributed by atoms with Crippen molar-refractivity contribution in [1.29, 1.82) is 0 Å². The molecule has 210 valence electrons. The van der Waals surface area contributed by atoms with E-state index < -0.39 is 36.4 Å². The number of imide groups is 1. The molecule has 1 fully saturated rings. The molecule has 0 saturated carbocycles. The number of anilines is 3. The normalized spacial score (nSPS) is 14.1. The number of hydrogen-bond donors (Lipinski definition) is 4. The number of carbonyl (C=O) groups is 4. The van der Waals surface area contributed by atoms with Crippen LogP contribution in [0, 0.1) is 5.82 Å². The second-order valence-electron chi connectivity index (χ2n) is 8.65. The maximum atomic E-state index is 14.4.